The third kappa shape index (κ3) is 11.4. The quantitative estimate of drug-likeness (QED) is 0.250. The van der Waals surface area contributed by atoms with Gasteiger partial charge >= 0.3 is 0 Å². The molecule has 0 aliphatic rings. The van der Waals surface area contributed by atoms with Crippen molar-refractivity contribution in [2.75, 3.05) is 0 Å². The van der Waals surface area contributed by atoms with Crippen molar-refractivity contribution in [3.8, 4) is 0 Å². The maximum atomic E-state index is 5.17. The summed E-state index contributed by atoms with van der Waals surface area (Å²) in [6, 6.07) is 0. The van der Waals surface area contributed by atoms with Gasteiger partial charge in [0, 0.05) is 5.71 Å². The lowest BCUT2D eigenvalue weighted by Gasteiger charge is -2.01. The monoisotopic (exact) mass is 212 g/mol. The number of hydrazone groups is 1. The molecule has 0 radical (unpaired) electrons. The molecule has 2 heteroatoms. The van der Waals surface area contributed by atoms with Crippen molar-refractivity contribution in [3.63, 3.8) is 0 Å². The van der Waals surface area contributed by atoms with E-state index in [4.69, 9.17) is 5.84 Å². The Morgan fingerprint density at radius 2 is 1.33 bits per heavy atom. The van der Waals surface area contributed by atoms with Crippen molar-refractivity contribution in [2.24, 2.45) is 10.9 Å². The second kappa shape index (κ2) is 11.5. The molecule has 0 spiro atoms. The predicted molar refractivity (Wildman–Crippen MR) is 69.1 cm³/mol. The normalized spacial score (nSPS) is 12.0. The molecule has 0 saturated carbocycles. The summed E-state index contributed by atoms with van der Waals surface area (Å²) < 4.78 is 0. The summed E-state index contributed by atoms with van der Waals surface area (Å²) in [6.07, 6.45) is 13.5. The van der Waals surface area contributed by atoms with E-state index in [-0.39, 0.29) is 0 Å². The average Bonchev–Trinajstić information content (AvgIpc) is 2.26. The zero-order chi connectivity index (χ0) is 11.4. The van der Waals surface area contributed by atoms with E-state index >= 15 is 0 Å². The molecule has 0 bridgehead atoms. The third-order valence-electron chi connectivity index (χ3n) is 2.86. The first kappa shape index (κ1) is 14.5. The molecular weight excluding hydrogens is 184 g/mol. The molecule has 2 nitrogen and oxygen atoms in total. The molecule has 0 atom stereocenters. The Bertz CT molecular complexity index is 153. The fourth-order valence-corrected chi connectivity index (χ4v) is 1.76. The van der Waals surface area contributed by atoms with Crippen LogP contribution < -0.4 is 5.84 Å². The fraction of sp³-hybridized carbons (Fsp3) is 0.923. The molecule has 15 heavy (non-hydrogen) atoms. The SMILES string of the molecule is CCCCCCCCCCCC(C)=NN. The summed E-state index contributed by atoms with van der Waals surface area (Å²) in [5, 5.41) is 3.67. The van der Waals surface area contributed by atoms with Crippen molar-refractivity contribution < 1.29 is 0 Å². The minimum Gasteiger partial charge on any atom is -0.323 e. The first-order valence-corrected chi connectivity index (χ1v) is 6.54. The van der Waals surface area contributed by atoms with Gasteiger partial charge in [-0.05, 0) is 19.8 Å². The first-order chi connectivity index (χ1) is 7.31. The van der Waals surface area contributed by atoms with E-state index in [1.165, 1.54) is 57.8 Å². The standard InChI is InChI=1S/C13H28N2/c1-3-4-5-6-7-8-9-10-11-12-13(2)15-14/h3-12,14H2,1-2H3. The number of nitrogens with two attached hydrogens (primary N) is 1. The highest BCUT2D eigenvalue weighted by molar-refractivity contribution is 5.81. The van der Waals surface area contributed by atoms with Gasteiger partial charge in [0.15, 0.2) is 0 Å². The highest BCUT2D eigenvalue weighted by atomic mass is 15.1. The van der Waals surface area contributed by atoms with Gasteiger partial charge in [-0.2, -0.15) is 5.10 Å². The molecular formula is C13H28N2. The van der Waals surface area contributed by atoms with E-state index in [1.54, 1.807) is 0 Å². The molecule has 0 heterocycles. The van der Waals surface area contributed by atoms with Crippen LogP contribution in [0.2, 0.25) is 0 Å². The van der Waals surface area contributed by atoms with Gasteiger partial charge in [0.1, 0.15) is 0 Å². The Balaban J connectivity index is 2.99. The van der Waals surface area contributed by atoms with Crippen molar-refractivity contribution in [1.29, 1.82) is 0 Å². The highest BCUT2D eigenvalue weighted by Crippen LogP contribution is 2.10. The van der Waals surface area contributed by atoms with Crippen molar-refractivity contribution >= 4 is 5.71 Å². The molecule has 0 aromatic heterocycles. The van der Waals surface area contributed by atoms with Gasteiger partial charge in [0.25, 0.3) is 0 Å². The molecule has 90 valence electrons. The summed E-state index contributed by atoms with van der Waals surface area (Å²) in [6.45, 7) is 4.27. The van der Waals surface area contributed by atoms with Crippen LogP contribution in [0.5, 0.6) is 0 Å². The zero-order valence-corrected chi connectivity index (χ0v) is 10.6. The molecule has 0 amide bonds. The maximum Gasteiger partial charge on any atom is 0.0345 e. The topological polar surface area (TPSA) is 38.4 Å². The molecule has 0 saturated heterocycles. The number of hydrogen-bond acceptors (Lipinski definition) is 2. The predicted octanol–water partition coefficient (Wildman–Crippen LogP) is 4.24. The minimum absolute atomic E-state index is 1.08. The van der Waals surface area contributed by atoms with Crippen LogP contribution in [-0.4, -0.2) is 5.71 Å². The molecule has 2 N–H and O–H groups in total. The summed E-state index contributed by atoms with van der Waals surface area (Å²) in [5.74, 6) is 5.17. The molecule has 0 aromatic rings. The summed E-state index contributed by atoms with van der Waals surface area (Å²) in [4.78, 5) is 0. The van der Waals surface area contributed by atoms with E-state index in [0.29, 0.717) is 0 Å². The van der Waals surface area contributed by atoms with Crippen LogP contribution in [0.15, 0.2) is 5.10 Å². The molecule has 0 fully saturated rings. The van der Waals surface area contributed by atoms with Crippen LogP contribution in [0.1, 0.15) is 78.1 Å². The van der Waals surface area contributed by atoms with E-state index in [2.05, 4.69) is 12.0 Å². The average molecular weight is 212 g/mol. The van der Waals surface area contributed by atoms with Crippen LogP contribution in [0, 0.1) is 0 Å². The maximum absolute atomic E-state index is 5.17. The zero-order valence-electron chi connectivity index (χ0n) is 10.6. The van der Waals surface area contributed by atoms with Gasteiger partial charge in [-0.15, -0.1) is 0 Å². The first-order valence-electron chi connectivity index (χ1n) is 6.54. The Labute approximate surface area is 95.3 Å². The molecule has 0 rings (SSSR count). The van der Waals surface area contributed by atoms with Crippen LogP contribution in [-0.2, 0) is 0 Å². The van der Waals surface area contributed by atoms with Gasteiger partial charge in [0.2, 0.25) is 0 Å². The van der Waals surface area contributed by atoms with Crippen LogP contribution in [0.4, 0.5) is 0 Å². The van der Waals surface area contributed by atoms with Gasteiger partial charge in [-0.3, -0.25) is 0 Å². The number of hydrogen-bond donors (Lipinski definition) is 1. The van der Waals surface area contributed by atoms with E-state index < -0.39 is 0 Å². The van der Waals surface area contributed by atoms with E-state index in [1.807, 2.05) is 6.92 Å². The molecule has 0 aliphatic carbocycles. The Morgan fingerprint density at radius 3 is 1.80 bits per heavy atom. The Kier molecular flexibility index (Phi) is 11.1. The van der Waals surface area contributed by atoms with Gasteiger partial charge in [-0.1, -0.05) is 58.3 Å². The Morgan fingerprint density at radius 1 is 0.867 bits per heavy atom. The van der Waals surface area contributed by atoms with Crippen molar-refractivity contribution in [1.82, 2.24) is 0 Å². The summed E-state index contributed by atoms with van der Waals surface area (Å²) in [7, 11) is 0. The van der Waals surface area contributed by atoms with E-state index in [9.17, 15) is 0 Å². The van der Waals surface area contributed by atoms with Crippen LogP contribution >= 0.6 is 0 Å². The molecule has 0 aliphatic heterocycles. The molecule has 0 aromatic carbocycles. The highest BCUT2D eigenvalue weighted by Gasteiger charge is 1.93. The lowest BCUT2D eigenvalue weighted by atomic mass is 10.1. The van der Waals surface area contributed by atoms with Gasteiger partial charge in [-0.25, -0.2) is 0 Å². The number of nitrogens with zero attached hydrogens (tertiary/aromatic N) is 1. The number of unbranched alkanes of at least 4 members (excludes halogenated alkanes) is 8. The third-order valence-corrected chi connectivity index (χ3v) is 2.86. The smallest absolute Gasteiger partial charge is 0.0345 e. The number of rotatable bonds is 10. The van der Waals surface area contributed by atoms with Gasteiger partial charge in [0.05, 0.1) is 0 Å². The second-order valence-electron chi connectivity index (χ2n) is 4.44. The lowest BCUT2D eigenvalue weighted by Crippen LogP contribution is -1.95. The summed E-state index contributed by atoms with van der Waals surface area (Å²) in [5.41, 5.74) is 1.08. The Hall–Kier alpha value is -0.530. The largest absolute Gasteiger partial charge is 0.323 e. The van der Waals surface area contributed by atoms with Crippen molar-refractivity contribution in [3.05, 3.63) is 0 Å². The molecule has 0 unspecified atom stereocenters. The minimum atomic E-state index is 1.08. The van der Waals surface area contributed by atoms with Crippen LogP contribution in [0.3, 0.4) is 0 Å². The van der Waals surface area contributed by atoms with Crippen molar-refractivity contribution in [2.45, 2.75) is 78.1 Å². The lowest BCUT2D eigenvalue weighted by molar-refractivity contribution is 0.568. The van der Waals surface area contributed by atoms with Gasteiger partial charge < -0.3 is 5.84 Å². The van der Waals surface area contributed by atoms with Crippen LogP contribution in [0.25, 0.3) is 0 Å². The fourth-order valence-electron chi connectivity index (χ4n) is 1.76. The summed E-state index contributed by atoms with van der Waals surface area (Å²) >= 11 is 0. The second-order valence-corrected chi connectivity index (χ2v) is 4.44. The van der Waals surface area contributed by atoms with E-state index in [0.717, 1.165) is 12.1 Å².